The molecular formula is C29H46F6N7O4+. The van der Waals surface area contributed by atoms with Crippen LogP contribution in [0, 0.1) is 5.92 Å². The van der Waals surface area contributed by atoms with Crippen LogP contribution in [0.1, 0.15) is 63.9 Å². The Morgan fingerprint density at radius 3 is 2.39 bits per heavy atom. The van der Waals surface area contributed by atoms with Gasteiger partial charge in [-0.2, -0.15) is 31.4 Å². The van der Waals surface area contributed by atoms with Crippen molar-refractivity contribution in [1.29, 1.82) is 0 Å². The van der Waals surface area contributed by atoms with Crippen molar-refractivity contribution in [3.05, 3.63) is 22.1 Å². The Bertz CT molecular complexity index is 1190. The van der Waals surface area contributed by atoms with Crippen LogP contribution < -0.4 is 21.5 Å². The number of nitrogens with one attached hydrogen (secondary N) is 4. The third-order valence-corrected chi connectivity index (χ3v) is 9.27. The molecule has 46 heavy (non-hydrogen) atoms. The lowest BCUT2D eigenvalue weighted by molar-refractivity contribution is -0.974. The topological polar surface area (TPSA) is 132 Å². The molecule has 3 fully saturated rings. The fourth-order valence-electron chi connectivity index (χ4n) is 7.04. The van der Waals surface area contributed by atoms with E-state index in [1.54, 1.807) is 5.10 Å². The number of amides is 1. The van der Waals surface area contributed by atoms with E-state index in [9.17, 15) is 41.0 Å². The minimum atomic E-state index is -4.90. The zero-order valence-electron chi connectivity index (χ0n) is 26.1. The number of halogens is 6. The summed E-state index contributed by atoms with van der Waals surface area (Å²) in [5.74, 6) is -1.97. The molecule has 0 aliphatic carbocycles. The normalized spacial score (nSPS) is 27.6. The molecule has 1 aromatic heterocycles. The first kappa shape index (κ1) is 36.4. The van der Waals surface area contributed by atoms with Crippen LogP contribution in [-0.4, -0.2) is 114 Å². The zero-order valence-corrected chi connectivity index (χ0v) is 26.1. The molecule has 3 aliphatic rings. The molecule has 11 nitrogen and oxygen atoms in total. The summed E-state index contributed by atoms with van der Waals surface area (Å²) in [6.45, 7) is 2.67. The average Bonchev–Trinajstić information content (AvgIpc) is 2.96. The van der Waals surface area contributed by atoms with Crippen LogP contribution in [0.5, 0.6) is 0 Å². The lowest BCUT2D eigenvalue weighted by Crippen LogP contribution is -2.76. The number of hydrogen-bond acceptors (Lipinski definition) is 8. The minimum Gasteiger partial charge on any atom is -0.390 e. The number of aliphatic hydroxyl groups is 1. The highest BCUT2D eigenvalue weighted by atomic mass is 19.4. The number of piperidine rings is 1. The molecule has 0 bridgehead atoms. The molecule has 4 rings (SSSR count). The Labute approximate surface area is 264 Å². The summed E-state index contributed by atoms with van der Waals surface area (Å²) < 4.78 is 87.2. The number of nitrogens with zero attached hydrogens (tertiary/aromatic N) is 3. The molecule has 262 valence electrons. The first-order valence-corrected chi connectivity index (χ1v) is 16.1. The highest BCUT2D eigenvalue weighted by Gasteiger charge is 2.54. The van der Waals surface area contributed by atoms with Gasteiger partial charge < -0.3 is 20.5 Å². The van der Waals surface area contributed by atoms with Gasteiger partial charge in [-0.25, -0.2) is 10.00 Å². The second-order valence-corrected chi connectivity index (χ2v) is 12.9. The van der Waals surface area contributed by atoms with E-state index in [1.807, 2.05) is 4.90 Å². The number of H-pyrrole nitrogens is 1. The summed E-state index contributed by atoms with van der Waals surface area (Å²) in [6.07, 6.45) is -2.35. The van der Waals surface area contributed by atoms with Crippen LogP contribution in [-0.2, 0) is 15.7 Å². The lowest BCUT2D eigenvalue weighted by Gasteiger charge is -2.55. The van der Waals surface area contributed by atoms with Gasteiger partial charge in [0, 0.05) is 25.7 Å². The Balaban J connectivity index is 1.30. The largest absolute Gasteiger partial charge is 0.423 e. The summed E-state index contributed by atoms with van der Waals surface area (Å²) in [5.41, 5.74) is -3.32. The van der Waals surface area contributed by atoms with Crippen LogP contribution in [0.25, 0.3) is 0 Å². The van der Waals surface area contributed by atoms with Crippen molar-refractivity contribution >= 4 is 11.6 Å². The molecule has 4 heterocycles. The average molecular weight is 671 g/mol. The molecule has 1 spiro atoms. The van der Waals surface area contributed by atoms with E-state index in [2.05, 4.69) is 21.0 Å². The predicted octanol–water partition coefficient (Wildman–Crippen LogP) is 2.78. The SMILES string of the molecule is C[C@@H](COCC(=O)N[C@H]1CCN(C2NCC(C(F)(F)F)C[N+]23CCCCCCCCC3)C[C@@H]1O)Nc1cn[nH]c(=O)c1C(F)(F)F. The van der Waals surface area contributed by atoms with Crippen molar-refractivity contribution in [3.63, 3.8) is 0 Å². The van der Waals surface area contributed by atoms with Gasteiger partial charge in [-0.3, -0.25) is 19.4 Å². The van der Waals surface area contributed by atoms with Gasteiger partial charge in [0.15, 0.2) is 0 Å². The molecule has 0 radical (unpaired) electrons. The number of carbonyl (C=O) groups excluding carboxylic acids is 1. The number of carbonyl (C=O) groups is 1. The van der Waals surface area contributed by atoms with Crippen LogP contribution in [0.15, 0.2) is 11.0 Å². The second kappa shape index (κ2) is 15.6. The van der Waals surface area contributed by atoms with E-state index in [1.165, 1.54) is 6.92 Å². The Hall–Kier alpha value is -2.47. The van der Waals surface area contributed by atoms with E-state index in [0.717, 1.165) is 51.1 Å². The summed E-state index contributed by atoms with van der Waals surface area (Å²) in [6, 6.07) is -1.31. The summed E-state index contributed by atoms with van der Waals surface area (Å²) in [5, 5.41) is 24.6. The minimum absolute atomic E-state index is 0.00729. The molecule has 5 atom stereocenters. The number of ether oxygens (including phenoxy) is 1. The highest BCUT2D eigenvalue weighted by molar-refractivity contribution is 5.77. The molecule has 0 saturated carbocycles. The summed E-state index contributed by atoms with van der Waals surface area (Å²) in [7, 11) is 0. The third-order valence-electron chi connectivity index (χ3n) is 9.27. The van der Waals surface area contributed by atoms with Gasteiger partial charge in [-0.1, -0.05) is 19.3 Å². The molecule has 1 amide bonds. The molecule has 17 heteroatoms. The first-order chi connectivity index (χ1) is 21.7. The standard InChI is InChI=1S/C29H45F6N7O4/c1-19(38-22-14-37-40-26(45)25(22)29(33,34)35)17-46-18-24(44)39-21-9-10-41(15-23(21)43)27-36-13-20(28(30,31)32)16-42(27)11-7-5-3-2-4-6-8-12-42/h14,19-21,23,27,36,43H,2-13,15-18H2,1H3,(H2-,38,39,40,44,45)/p+1/t19-,20?,21-,23-,27?/m0/s1. The Kier molecular flexibility index (Phi) is 12.3. The number of quaternary nitrogens is 1. The molecule has 3 aliphatic heterocycles. The van der Waals surface area contributed by atoms with E-state index in [0.29, 0.717) is 30.5 Å². The van der Waals surface area contributed by atoms with Gasteiger partial charge in [0.1, 0.15) is 18.1 Å². The monoisotopic (exact) mass is 670 g/mol. The van der Waals surface area contributed by atoms with Crippen LogP contribution in [0.4, 0.5) is 32.0 Å². The van der Waals surface area contributed by atoms with Crippen molar-refractivity contribution in [1.82, 2.24) is 25.7 Å². The number of rotatable bonds is 8. The van der Waals surface area contributed by atoms with E-state index in [-0.39, 0.29) is 32.5 Å². The zero-order chi connectivity index (χ0) is 33.5. The number of aromatic nitrogens is 2. The van der Waals surface area contributed by atoms with Crippen molar-refractivity contribution in [2.45, 2.75) is 95.1 Å². The molecular weight excluding hydrogens is 624 g/mol. The molecule has 2 unspecified atom stereocenters. The van der Waals surface area contributed by atoms with E-state index >= 15 is 0 Å². The van der Waals surface area contributed by atoms with Gasteiger partial charge in [-0.05, 0) is 39.0 Å². The number of aliphatic hydroxyl groups excluding tert-OH is 1. The molecule has 0 aromatic carbocycles. The Morgan fingerprint density at radius 1 is 1.13 bits per heavy atom. The summed E-state index contributed by atoms with van der Waals surface area (Å²) >= 11 is 0. The Morgan fingerprint density at radius 2 is 1.78 bits per heavy atom. The van der Waals surface area contributed by atoms with Crippen molar-refractivity contribution < 1.29 is 45.5 Å². The van der Waals surface area contributed by atoms with Gasteiger partial charge in [0.25, 0.3) is 5.56 Å². The first-order valence-electron chi connectivity index (χ1n) is 16.1. The van der Waals surface area contributed by atoms with Crippen molar-refractivity contribution in [2.75, 3.05) is 57.8 Å². The molecule has 3 saturated heterocycles. The lowest BCUT2D eigenvalue weighted by atomic mass is 9.97. The van der Waals surface area contributed by atoms with Crippen molar-refractivity contribution in [2.24, 2.45) is 5.92 Å². The van der Waals surface area contributed by atoms with Gasteiger partial charge >= 0.3 is 12.4 Å². The predicted molar refractivity (Wildman–Crippen MR) is 156 cm³/mol. The second-order valence-electron chi connectivity index (χ2n) is 12.9. The van der Waals surface area contributed by atoms with Crippen LogP contribution in [0.3, 0.4) is 0 Å². The fraction of sp³-hybridized carbons (Fsp3) is 0.828. The van der Waals surface area contributed by atoms with E-state index in [4.69, 9.17) is 4.74 Å². The number of aromatic amines is 1. The maximum atomic E-state index is 13.9. The maximum Gasteiger partial charge on any atom is 0.423 e. The molecule has 5 N–H and O–H groups in total. The quantitative estimate of drug-likeness (QED) is 0.211. The van der Waals surface area contributed by atoms with Crippen LogP contribution in [0.2, 0.25) is 0 Å². The number of alkyl halides is 6. The number of anilines is 1. The number of likely N-dealkylation sites (tertiary alicyclic amines) is 1. The summed E-state index contributed by atoms with van der Waals surface area (Å²) in [4.78, 5) is 26.3. The van der Waals surface area contributed by atoms with Gasteiger partial charge in [-0.15, -0.1) is 0 Å². The van der Waals surface area contributed by atoms with Gasteiger partial charge in [0.05, 0.1) is 50.3 Å². The molecule has 1 aromatic rings. The van der Waals surface area contributed by atoms with Crippen molar-refractivity contribution in [3.8, 4) is 0 Å². The highest BCUT2D eigenvalue weighted by Crippen LogP contribution is 2.36. The number of β-amino-alcohol motifs (C(OH)–C–C–N with tert-alkyl or cyclic N) is 1. The van der Waals surface area contributed by atoms with E-state index < -0.39 is 65.8 Å². The maximum absolute atomic E-state index is 13.9. The fourth-order valence-corrected chi connectivity index (χ4v) is 7.04. The number of hydrogen-bond donors (Lipinski definition) is 5. The smallest absolute Gasteiger partial charge is 0.390 e. The third kappa shape index (κ3) is 9.55. The van der Waals surface area contributed by atoms with Gasteiger partial charge in [0.2, 0.25) is 12.2 Å². The van der Waals surface area contributed by atoms with Crippen LogP contribution >= 0.6 is 0 Å².